The van der Waals surface area contributed by atoms with Crippen molar-refractivity contribution < 1.29 is 8.42 Å². The van der Waals surface area contributed by atoms with Gasteiger partial charge in [0.25, 0.3) is 0 Å². The molecule has 1 aliphatic carbocycles. The Morgan fingerprint density at radius 3 is 2.40 bits per heavy atom. The molecule has 86 valence electrons. The van der Waals surface area contributed by atoms with Crippen LogP contribution in [0.1, 0.15) is 32.1 Å². The third-order valence-electron chi connectivity index (χ3n) is 4.36. The van der Waals surface area contributed by atoms with E-state index in [9.17, 15) is 8.42 Å². The normalized spacial score (nSPS) is 34.7. The Hall–Kier alpha value is -0.0900. The second-order valence-electron chi connectivity index (χ2n) is 5.69. The van der Waals surface area contributed by atoms with Crippen LogP contribution in [0.25, 0.3) is 0 Å². The number of hydrogen-bond donors (Lipinski definition) is 0. The molecule has 0 unspecified atom stereocenters. The van der Waals surface area contributed by atoms with Crippen molar-refractivity contribution in [1.29, 1.82) is 0 Å². The first-order valence-electron chi connectivity index (χ1n) is 6.03. The van der Waals surface area contributed by atoms with Gasteiger partial charge in [0.1, 0.15) is 0 Å². The van der Waals surface area contributed by atoms with Crippen LogP contribution in [0.2, 0.25) is 0 Å². The predicted molar refractivity (Wildman–Crippen MR) is 59.5 cm³/mol. The van der Waals surface area contributed by atoms with E-state index in [0.29, 0.717) is 11.5 Å². The Labute approximate surface area is 91.8 Å². The molecular weight excluding hydrogens is 210 g/mol. The van der Waals surface area contributed by atoms with Gasteiger partial charge in [-0.05, 0) is 25.8 Å². The average molecular weight is 229 g/mol. The highest BCUT2D eigenvalue weighted by Crippen LogP contribution is 2.43. The second kappa shape index (κ2) is 3.20. The summed E-state index contributed by atoms with van der Waals surface area (Å²) < 4.78 is 22.5. The summed E-state index contributed by atoms with van der Waals surface area (Å²) >= 11 is 0. The maximum atomic E-state index is 11.3. The Kier molecular flexibility index (Phi) is 2.15. The zero-order chi connectivity index (χ0) is 10.5. The molecule has 3 fully saturated rings. The molecule has 0 amide bonds. The molecule has 0 N–H and O–H groups in total. The van der Waals surface area contributed by atoms with Crippen molar-refractivity contribution >= 4 is 9.84 Å². The highest BCUT2D eigenvalue weighted by Gasteiger charge is 2.52. The van der Waals surface area contributed by atoms with Gasteiger partial charge in [0, 0.05) is 18.0 Å². The molecule has 0 aromatic carbocycles. The van der Waals surface area contributed by atoms with Gasteiger partial charge in [0.05, 0.1) is 11.5 Å². The molecule has 3 nitrogen and oxygen atoms in total. The molecule has 0 aromatic rings. The van der Waals surface area contributed by atoms with Gasteiger partial charge >= 0.3 is 0 Å². The summed E-state index contributed by atoms with van der Waals surface area (Å²) in [5, 5.41) is 0. The van der Waals surface area contributed by atoms with Crippen LogP contribution in [0.5, 0.6) is 0 Å². The van der Waals surface area contributed by atoms with Crippen LogP contribution in [-0.2, 0) is 9.84 Å². The number of sulfone groups is 1. The van der Waals surface area contributed by atoms with Crippen molar-refractivity contribution in [3.05, 3.63) is 0 Å². The lowest BCUT2D eigenvalue weighted by atomic mass is 9.91. The molecule has 2 heterocycles. The highest BCUT2D eigenvalue weighted by atomic mass is 32.2. The third-order valence-corrected chi connectivity index (χ3v) is 6.47. The van der Waals surface area contributed by atoms with Gasteiger partial charge in [-0.2, -0.15) is 0 Å². The fourth-order valence-corrected chi connectivity index (χ4v) is 5.93. The molecule has 2 aliphatic heterocycles. The van der Waals surface area contributed by atoms with Crippen LogP contribution in [-0.4, -0.2) is 44.0 Å². The van der Waals surface area contributed by atoms with E-state index < -0.39 is 9.84 Å². The Morgan fingerprint density at radius 2 is 1.80 bits per heavy atom. The summed E-state index contributed by atoms with van der Waals surface area (Å²) in [5.41, 5.74) is 0.168. The standard InChI is InChI=1S/C11H19NO2S/c13-15(14)8-11(9-15)5-6-12(7-11)10-3-1-2-4-10/h10H,1-9H2. The van der Waals surface area contributed by atoms with Gasteiger partial charge in [-0.15, -0.1) is 0 Å². The maximum absolute atomic E-state index is 11.3. The van der Waals surface area contributed by atoms with Crippen molar-refractivity contribution in [2.24, 2.45) is 5.41 Å². The van der Waals surface area contributed by atoms with Crippen LogP contribution in [0, 0.1) is 5.41 Å². The van der Waals surface area contributed by atoms with Crippen molar-refractivity contribution in [2.45, 2.75) is 38.1 Å². The minimum absolute atomic E-state index is 0.168. The Bertz CT molecular complexity index is 345. The van der Waals surface area contributed by atoms with Crippen molar-refractivity contribution in [3.63, 3.8) is 0 Å². The molecule has 0 bridgehead atoms. The molecular formula is C11H19NO2S. The fourth-order valence-electron chi connectivity index (χ4n) is 3.68. The zero-order valence-electron chi connectivity index (χ0n) is 9.11. The number of hydrogen-bond acceptors (Lipinski definition) is 3. The highest BCUT2D eigenvalue weighted by molar-refractivity contribution is 7.92. The average Bonchev–Trinajstić information content (AvgIpc) is 2.68. The molecule has 1 saturated carbocycles. The molecule has 0 atom stereocenters. The summed E-state index contributed by atoms with van der Waals surface area (Å²) in [4.78, 5) is 2.56. The molecule has 3 rings (SSSR count). The summed E-state index contributed by atoms with van der Waals surface area (Å²) in [6.45, 7) is 2.19. The lowest BCUT2D eigenvalue weighted by molar-refractivity contribution is 0.215. The zero-order valence-corrected chi connectivity index (χ0v) is 9.93. The Morgan fingerprint density at radius 1 is 1.13 bits per heavy atom. The van der Waals surface area contributed by atoms with E-state index in [1.54, 1.807) is 0 Å². The maximum Gasteiger partial charge on any atom is 0.151 e. The lowest BCUT2D eigenvalue weighted by Gasteiger charge is -2.38. The predicted octanol–water partition coefficient (Wildman–Crippen LogP) is 1.05. The molecule has 0 aromatic heterocycles. The van der Waals surface area contributed by atoms with E-state index in [-0.39, 0.29) is 5.41 Å². The Balaban J connectivity index is 1.64. The van der Waals surface area contributed by atoms with Crippen LogP contribution in [0.15, 0.2) is 0 Å². The minimum atomic E-state index is -2.65. The van der Waals surface area contributed by atoms with Crippen LogP contribution < -0.4 is 0 Å². The first-order chi connectivity index (χ1) is 7.09. The monoisotopic (exact) mass is 229 g/mol. The smallest absolute Gasteiger partial charge is 0.151 e. The lowest BCUT2D eigenvalue weighted by Crippen LogP contribution is -2.50. The largest absolute Gasteiger partial charge is 0.300 e. The number of rotatable bonds is 1. The van der Waals surface area contributed by atoms with E-state index in [1.165, 1.54) is 25.7 Å². The van der Waals surface area contributed by atoms with Gasteiger partial charge in [-0.1, -0.05) is 12.8 Å². The van der Waals surface area contributed by atoms with Gasteiger partial charge in [-0.25, -0.2) is 8.42 Å². The summed E-state index contributed by atoms with van der Waals surface area (Å²) in [6, 6.07) is 0.771. The summed E-state index contributed by atoms with van der Waals surface area (Å²) in [5.74, 6) is 0.923. The van der Waals surface area contributed by atoms with Crippen molar-refractivity contribution in [1.82, 2.24) is 4.90 Å². The SMILES string of the molecule is O=S1(=O)CC2(CCN(C3CCCC3)C2)C1. The van der Waals surface area contributed by atoms with E-state index in [2.05, 4.69) is 4.90 Å². The second-order valence-corrected chi connectivity index (χ2v) is 7.76. The molecule has 15 heavy (non-hydrogen) atoms. The summed E-state index contributed by atoms with van der Waals surface area (Å²) in [6.07, 6.45) is 6.52. The molecule has 0 radical (unpaired) electrons. The number of likely N-dealkylation sites (tertiary alicyclic amines) is 1. The first kappa shape index (κ1) is 10.1. The minimum Gasteiger partial charge on any atom is -0.300 e. The van der Waals surface area contributed by atoms with Gasteiger partial charge in [-0.3, -0.25) is 4.90 Å². The van der Waals surface area contributed by atoms with E-state index in [4.69, 9.17) is 0 Å². The van der Waals surface area contributed by atoms with E-state index in [1.807, 2.05) is 0 Å². The van der Waals surface area contributed by atoms with Crippen LogP contribution in [0.4, 0.5) is 0 Å². The third kappa shape index (κ3) is 1.72. The van der Waals surface area contributed by atoms with Gasteiger partial charge in [0.2, 0.25) is 0 Å². The van der Waals surface area contributed by atoms with E-state index in [0.717, 1.165) is 25.6 Å². The van der Waals surface area contributed by atoms with Crippen molar-refractivity contribution in [2.75, 3.05) is 24.6 Å². The van der Waals surface area contributed by atoms with Crippen LogP contribution in [0.3, 0.4) is 0 Å². The van der Waals surface area contributed by atoms with E-state index >= 15 is 0 Å². The fraction of sp³-hybridized carbons (Fsp3) is 1.00. The summed E-state index contributed by atoms with van der Waals surface area (Å²) in [7, 11) is -2.65. The number of nitrogens with zero attached hydrogens (tertiary/aromatic N) is 1. The topological polar surface area (TPSA) is 37.4 Å². The quantitative estimate of drug-likeness (QED) is 0.674. The first-order valence-corrected chi connectivity index (χ1v) is 7.85. The molecule has 4 heteroatoms. The molecule has 1 spiro atoms. The van der Waals surface area contributed by atoms with Gasteiger partial charge in [0.15, 0.2) is 9.84 Å². The molecule has 3 aliphatic rings. The van der Waals surface area contributed by atoms with Crippen molar-refractivity contribution in [3.8, 4) is 0 Å². The molecule has 2 saturated heterocycles. The van der Waals surface area contributed by atoms with Crippen LogP contribution >= 0.6 is 0 Å². The van der Waals surface area contributed by atoms with Gasteiger partial charge < -0.3 is 0 Å².